The second kappa shape index (κ2) is 6.33. The number of hydrogen-bond donors (Lipinski definition) is 0. The van der Waals surface area contributed by atoms with E-state index in [0.717, 1.165) is 6.42 Å². The number of aryl methyl sites for hydroxylation is 1. The highest BCUT2D eigenvalue weighted by molar-refractivity contribution is 6.05. The number of rotatable bonds is 3. The number of allylic oxidation sites excluding steroid dienone is 1. The van der Waals surface area contributed by atoms with Crippen LogP contribution in [-0.2, 0) is 6.42 Å². The third-order valence-corrected chi connectivity index (χ3v) is 4.74. The molecule has 4 aromatic rings. The minimum atomic E-state index is 0.941. The Labute approximate surface area is 143 Å². The summed E-state index contributed by atoms with van der Waals surface area (Å²) in [5.41, 5.74) is 4.04. The van der Waals surface area contributed by atoms with Crippen molar-refractivity contribution in [3.63, 3.8) is 0 Å². The van der Waals surface area contributed by atoms with Gasteiger partial charge in [0.05, 0.1) is 0 Å². The van der Waals surface area contributed by atoms with Crippen LogP contribution in [0.5, 0.6) is 0 Å². The number of fused-ring (bicyclic) bond motifs is 2. The monoisotopic (exact) mass is 308 g/mol. The van der Waals surface area contributed by atoms with Crippen molar-refractivity contribution in [1.82, 2.24) is 0 Å². The van der Waals surface area contributed by atoms with Crippen LogP contribution >= 0.6 is 0 Å². The second-order valence-electron chi connectivity index (χ2n) is 6.21. The van der Waals surface area contributed by atoms with Crippen molar-refractivity contribution < 1.29 is 0 Å². The van der Waals surface area contributed by atoms with Crippen LogP contribution < -0.4 is 0 Å². The summed E-state index contributed by atoms with van der Waals surface area (Å²) in [6.45, 7) is 2.23. The first-order valence-electron chi connectivity index (χ1n) is 8.45. The first-order chi connectivity index (χ1) is 11.8. The molecule has 116 valence electrons. The quantitative estimate of drug-likeness (QED) is 0.376. The molecule has 0 saturated carbocycles. The topological polar surface area (TPSA) is 0 Å². The number of hydrogen-bond acceptors (Lipinski definition) is 0. The van der Waals surface area contributed by atoms with Crippen LogP contribution in [-0.4, -0.2) is 0 Å². The molecule has 0 aliphatic rings. The molecule has 0 atom stereocenters. The van der Waals surface area contributed by atoms with Crippen molar-refractivity contribution in [2.45, 2.75) is 13.3 Å². The smallest absolute Gasteiger partial charge is 0.00818 e. The van der Waals surface area contributed by atoms with E-state index < -0.39 is 0 Å². The Balaban J connectivity index is 1.86. The molecule has 4 aromatic carbocycles. The highest BCUT2D eigenvalue weighted by atomic mass is 14.1. The lowest BCUT2D eigenvalue weighted by Crippen LogP contribution is -1.91. The van der Waals surface area contributed by atoms with E-state index in [4.69, 9.17) is 0 Å². The van der Waals surface area contributed by atoms with E-state index in [2.05, 4.69) is 97.9 Å². The highest BCUT2D eigenvalue weighted by Crippen LogP contribution is 2.32. The summed E-state index contributed by atoms with van der Waals surface area (Å²) in [5.74, 6) is 0. The van der Waals surface area contributed by atoms with Crippen LogP contribution in [0.25, 0.3) is 27.6 Å². The van der Waals surface area contributed by atoms with Gasteiger partial charge in [-0.3, -0.25) is 0 Å². The van der Waals surface area contributed by atoms with Gasteiger partial charge in [-0.05, 0) is 51.6 Å². The molecule has 0 nitrogen and oxygen atoms in total. The van der Waals surface area contributed by atoms with Crippen LogP contribution in [0, 0.1) is 6.92 Å². The fraction of sp³-hybridized carbons (Fsp3) is 0.0833. The predicted molar refractivity (Wildman–Crippen MR) is 105 cm³/mol. The van der Waals surface area contributed by atoms with E-state index in [1.54, 1.807) is 0 Å². The van der Waals surface area contributed by atoms with E-state index in [-0.39, 0.29) is 0 Å². The lowest BCUT2D eigenvalue weighted by Gasteiger charge is -2.13. The van der Waals surface area contributed by atoms with Crippen molar-refractivity contribution >= 4 is 27.6 Å². The maximum atomic E-state index is 2.28. The van der Waals surface area contributed by atoms with Gasteiger partial charge in [-0.25, -0.2) is 0 Å². The van der Waals surface area contributed by atoms with Gasteiger partial charge in [-0.15, -0.1) is 0 Å². The molecular formula is C24H20. The van der Waals surface area contributed by atoms with Crippen LogP contribution in [0.2, 0.25) is 0 Å². The average Bonchev–Trinajstić information content (AvgIpc) is 2.65. The summed E-state index contributed by atoms with van der Waals surface area (Å²) in [4.78, 5) is 0. The first kappa shape index (κ1) is 14.7. The molecule has 0 fully saturated rings. The molecule has 0 N–H and O–H groups in total. The average molecular weight is 308 g/mol. The van der Waals surface area contributed by atoms with Gasteiger partial charge in [-0.2, -0.15) is 0 Å². The molecule has 0 amide bonds. The van der Waals surface area contributed by atoms with Gasteiger partial charge in [0, 0.05) is 0 Å². The lowest BCUT2D eigenvalue weighted by molar-refractivity contribution is 1.33. The molecule has 0 heterocycles. The van der Waals surface area contributed by atoms with Gasteiger partial charge in [0.25, 0.3) is 0 Å². The summed E-state index contributed by atoms with van der Waals surface area (Å²) < 4.78 is 0. The van der Waals surface area contributed by atoms with Crippen molar-refractivity contribution in [3.05, 3.63) is 102 Å². The Hall–Kier alpha value is -2.86. The summed E-state index contributed by atoms with van der Waals surface area (Å²) in [6.07, 6.45) is 5.43. The van der Waals surface area contributed by atoms with Gasteiger partial charge in [0.15, 0.2) is 0 Å². The number of benzene rings is 4. The van der Waals surface area contributed by atoms with E-state index in [1.807, 2.05) is 0 Å². The maximum Gasteiger partial charge on any atom is -0.00818 e. The predicted octanol–water partition coefficient (Wildman–Crippen LogP) is 6.56. The molecule has 0 unspecified atom stereocenters. The summed E-state index contributed by atoms with van der Waals surface area (Å²) in [5, 5.41) is 5.46. The Morgan fingerprint density at radius 1 is 0.625 bits per heavy atom. The SMILES string of the molecule is Cc1c2ccccc2c(CC=Cc2ccccc2)c2ccccc12. The van der Waals surface area contributed by atoms with Crippen LogP contribution in [0.15, 0.2) is 84.9 Å². The molecule has 0 radical (unpaired) electrons. The van der Waals surface area contributed by atoms with Gasteiger partial charge in [0.1, 0.15) is 0 Å². The Morgan fingerprint density at radius 2 is 1.12 bits per heavy atom. The molecule has 0 saturated heterocycles. The standard InChI is InChI=1S/C24H20/c1-18-20-13-5-7-15-22(20)24(23-16-8-6-14-21(18)23)17-9-12-19-10-3-2-4-11-19/h2-16H,17H2,1H3. The molecule has 0 spiro atoms. The molecule has 0 bridgehead atoms. The molecule has 0 aliphatic heterocycles. The zero-order valence-electron chi connectivity index (χ0n) is 13.9. The fourth-order valence-electron chi connectivity index (χ4n) is 3.53. The minimum Gasteiger partial charge on any atom is -0.0795 e. The Morgan fingerprint density at radius 3 is 1.71 bits per heavy atom. The fourth-order valence-corrected chi connectivity index (χ4v) is 3.53. The van der Waals surface area contributed by atoms with Crippen LogP contribution in [0.3, 0.4) is 0 Å². The van der Waals surface area contributed by atoms with Gasteiger partial charge < -0.3 is 0 Å². The van der Waals surface area contributed by atoms with E-state index in [9.17, 15) is 0 Å². The zero-order valence-corrected chi connectivity index (χ0v) is 13.9. The highest BCUT2D eigenvalue weighted by Gasteiger charge is 2.09. The van der Waals surface area contributed by atoms with E-state index in [0.29, 0.717) is 0 Å². The largest absolute Gasteiger partial charge is 0.0795 e. The summed E-state index contributed by atoms with van der Waals surface area (Å²) in [6, 6.07) is 28.0. The normalized spacial score (nSPS) is 11.5. The van der Waals surface area contributed by atoms with Crippen molar-refractivity contribution in [2.24, 2.45) is 0 Å². The zero-order chi connectivity index (χ0) is 16.4. The second-order valence-corrected chi connectivity index (χ2v) is 6.21. The molecule has 4 rings (SSSR count). The van der Waals surface area contributed by atoms with Crippen molar-refractivity contribution in [3.8, 4) is 0 Å². The third-order valence-electron chi connectivity index (χ3n) is 4.74. The molecule has 0 aliphatic carbocycles. The van der Waals surface area contributed by atoms with Gasteiger partial charge >= 0.3 is 0 Å². The van der Waals surface area contributed by atoms with Gasteiger partial charge in [-0.1, -0.05) is 91.0 Å². The Kier molecular flexibility index (Phi) is 3.88. The van der Waals surface area contributed by atoms with Crippen molar-refractivity contribution in [2.75, 3.05) is 0 Å². The molecule has 0 heteroatoms. The molecule has 24 heavy (non-hydrogen) atoms. The third kappa shape index (κ3) is 2.61. The van der Waals surface area contributed by atoms with E-state index in [1.165, 1.54) is 38.2 Å². The molecule has 0 aromatic heterocycles. The van der Waals surface area contributed by atoms with Gasteiger partial charge in [0.2, 0.25) is 0 Å². The summed E-state index contributed by atoms with van der Waals surface area (Å²) in [7, 11) is 0. The minimum absolute atomic E-state index is 0.941. The Bertz CT molecular complexity index is 967. The van der Waals surface area contributed by atoms with E-state index >= 15 is 0 Å². The van der Waals surface area contributed by atoms with Crippen LogP contribution in [0.1, 0.15) is 16.7 Å². The maximum absolute atomic E-state index is 2.28. The molecular weight excluding hydrogens is 288 g/mol. The van der Waals surface area contributed by atoms with Crippen LogP contribution in [0.4, 0.5) is 0 Å². The van der Waals surface area contributed by atoms with Crippen molar-refractivity contribution in [1.29, 1.82) is 0 Å². The first-order valence-corrected chi connectivity index (χ1v) is 8.45. The summed E-state index contributed by atoms with van der Waals surface area (Å²) >= 11 is 0. The lowest BCUT2D eigenvalue weighted by atomic mass is 9.91.